The van der Waals surface area contributed by atoms with Crippen molar-refractivity contribution in [1.82, 2.24) is 4.90 Å². The quantitative estimate of drug-likeness (QED) is 0.808. The summed E-state index contributed by atoms with van der Waals surface area (Å²) in [6.45, 7) is 2.95. The number of likely N-dealkylation sites (tertiary alicyclic amines) is 1. The van der Waals surface area contributed by atoms with Crippen LogP contribution in [0.3, 0.4) is 0 Å². The predicted molar refractivity (Wildman–Crippen MR) is 75.3 cm³/mol. The minimum atomic E-state index is -0.423. The van der Waals surface area contributed by atoms with E-state index in [1.54, 1.807) is 0 Å². The van der Waals surface area contributed by atoms with Gasteiger partial charge in [0.15, 0.2) is 0 Å². The summed E-state index contributed by atoms with van der Waals surface area (Å²) in [5.41, 5.74) is 7.40. The monoisotopic (exact) mass is 248 g/mol. The molecule has 3 heteroatoms. The number of nitrogens with two attached hydrogens (primary N) is 1. The lowest BCUT2D eigenvalue weighted by atomic mass is 10.1. The first-order valence-corrected chi connectivity index (χ1v) is 7.01. The third-order valence-corrected chi connectivity index (χ3v) is 3.68. The second kappa shape index (κ2) is 6.76. The Morgan fingerprint density at radius 3 is 2.44 bits per heavy atom. The molecule has 1 fully saturated rings. The van der Waals surface area contributed by atoms with Gasteiger partial charge in [0.1, 0.15) is 0 Å². The molecule has 3 nitrogen and oxygen atoms in total. The third-order valence-electron chi connectivity index (χ3n) is 3.68. The molecule has 0 amide bonds. The van der Waals surface area contributed by atoms with Crippen molar-refractivity contribution < 1.29 is 5.11 Å². The Labute approximate surface area is 110 Å². The van der Waals surface area contributed by atoms with Gasteiger partial charge in [0.2, 0.25) is 0 Å². The van der Waals surface area contributed by atoms with Gasteiger partial charge in [-0.15, -0.1) is 0 Å². The molecule has 0 aromatic heterocycles. The van der Waals surface area contributed by atoms with Crippen molar-refractivity contribution >= 4 is 5.69 Å². The molecule has 1 aromatic carbocycles. The van der Waals surface area contributed by atoms with Gasteiger partial charge in [-0.25, -0.2) is 0 Å². The van der Waals surface area contributed by atoms with E-state index in [0.717, 1.165) is 30.9 Å². The summed E-state index contributed by atoms with van der Waals surface area (Å²) in [7, 11) is 0. The van der Waals surface area contributed by atoms with E-state index in [-0.39, 0.29) is 0 Å². The van der Waals surface area contributed by atoms with Crippen molar-refractivity contribution in [1.29, 1.82) is 0 Å². The van der Waals surface area contributed by atoms with Crippen molar-refractivity contribution in [3.8, 4) is 0 Å². The van der Waals surface area contributed by atoms with Gasteiger partial charge < -0.3 is 15.7 Å². The fourth-order valence-electron chi connectivity index (χ4n) is 2.61. The fourth-order valence-corrected chi connectivity index (χ4v) is 2.61. The zero-order chi connectivity index (χ0) is 12.8. The summed E-state index contributed by atoms with van der Waals surface area (Å²) in [4.78, 5) is 2.38. The normalized spacial score (nSPS) is 20.1. The van der Waals surface area contributed by atoms with E-state index >= 15 is 0 Å². The number of benzene rings is 1. The third kappa shape index (κ3) is 4.00. The van der Waals surface area contributed by atoms with Crippen LogP contribution in [0, 0.1) is 0 Å². The standard InChI is InChI=1S/C15H24N2O/c16-14-8-6-7-13(11-14)15(18)12-17-9-4-2-1-3-5-10-17/h6-8,11,15,18H,1-5,9-10,12,16H2. The second-order valence-electron chi connectivity index (χ2n) is 5.25. The van der Waals surface area contributed by atoms with E-state index in [9.17, 15) is 5.11 Å². The summed E-state index contributed by atoms with van der Waals surface area (Å²) in [5, 5.41) is 10.3. The second-order valence-corrected chi connectivity index (χ2v) is 5.25. The molecule has 0 saturated carbocycles. The maximum atomic E-state index is 10.3. The molecule has 0 aliphatic carbocycles. The number of rotatable bonds is 3. The highest BCUT2D eigenvalue weighted by Crippen LogP contribution is 2.18. The largest absolute Gasteiger partial charge is 0.399 e. The Kier molecular flexibility index (Phi) is 5.02. The Morgan fingerprint density at radius 1 is 1.11 bits per heavy atom. The molecule has 18 heavy (non-hydrogen) atoms. The van der Waals surface area contributed by atoms with Gasteiger partial charge in [-0.2, -0.15) is 0 Å². The molecule has 1 aromatic rings. The Morgan fingerprint density at radius 2 is 1.78 bits per heavy atom. The summed E-state index contributed by atoms with van der Waals surface area (Å²) < 4.78 is 0. The SMILES string of the molecule is Nc1cccc(C(O)CN2CCCCCCC2)c1. The van der Waals surface area contributed by atoms with Crippen molar-refractivity contribution in [2.75, 3.05) is 25.4 Å². The maximum absolute atomic E-state index is 10.3. The molecule has 100 valence electrons. The molecule has 1 unspecified atom stereocenters. The molecule has 3 N–H and O–H groups in total. The van der Waals surface area contributed by atoms with Crippen molar-refractivity contribution in [3.05, 3.63) is 29.8 Å². The molecule has 2 rings (SSSR count). The molecule has 0 spiro atoms. The summed E-state index contributed by atoms with van der Waals surface area (Å²) in [5.74, 6) is 0. The zero-order valence-electron chi connectivity index (χ0n) is 11.0. The lowest BCUT2D eigenvalue weighted by molar-refractivity contribution is 0.108. The Hall–Kier alpha value is -1.06. The first-order valence-electron chi connectivity index (χ1n) is 7.01. The van der Waals surface area contributed by atoms with Gasteiger partial charge in [-0.05, 0) is 43.6 Å². The van der Waals surface area contributed by atoms with Crippen LogP contribution >= 0.6 is 0 Å². The average Bonchev–Trinajstić information content (AvgIpc) is 2.32. The lowest BCUT2D eigenvalue weighted by Gasteiger charge is -2.27. The average molecular weight is 248 g/mol. The Balaban J connectivity index is 1.90. The van der Waals surface area contributed by atoms with Gasteiger partial charge >= 0.3 is 0 Å². The van der Waals surface area contributed by atoms with Crippen LogP contribution in [0.4, 0.5) is 5.69 Å². The van der Waals surface area contributed by atoms with E-state index in [2.05, 4.69) is 4.90 Å². The van der Waals surface area contributed by atoms with E-state index in [1.807, 2.05) is 24.3 Å². The number of anilines is 1. The minimum absolute atomic E-state index is 0.423. The maximum Gasteiger partial charge on any atom is 0.0917 e. The summed E-state index contributed by atoms with van der Waals surface area (Å²) in [6.07, 6.45) is 6.10. The summed E-state index contributed by atoms with van der Waals surface area (Å²) in [6, 6.07) is 7.58. The van der Waals surface area contributed by atoms with Gasteiger partial charge in [-0.3, -0.25) is 0 Å². The first kappa shape index (κ1) is 13.4. The highest BCUT2D eigenvalue weighted by molar-refractivity contribution is 5.41. The van der Waals surface area contributed by atoms with Crippen molar-refractivity contribution in [3.63, 3.8) is 0 Å². The number of hydrogen-bond donors (Lipinski definition) is 2. The highest BCUT2D eigenvalue weighted by atomic mass is 16.3. The lowest BCUT2D eigenvalue weighted by Crippen LogP contribution is -2.31. The molecule has 1 heterocycles. The van der Waals surface area contributed by atoms with Crippen LogP contribution in [0.2, 0.25) is 0 Å². The Bertz CT molecular complexity index is 359. The molecular formula is C15H24N2O. The van der Waals surface area contributed by atoms with E-state index in [0.29, 0.717) is 0 Å². The molecule has 1 aliphatic rings. The predicted octanol–water partition coefficient (Wildman–Crippen LogP) is 2.57. The number of aliphatic hydroxyl groups excluding tert-OH is 1. The fraction of sp³-hybridized carbons (Fsp3) is 0.600. The number of β-amino-alcohol motifs (C(OH)–C–C–N with tert-alkyl or cyclic N) is 1. The smallest absolute Gasteiger partial charge is 0.0917 e. The molecule has 1 aliphatic heterocycles. The number of nitrogens with zero attached hydrogens (tertiary/aromatic N) is 1. The van der Waals surface area contributed by atoms with Gasteiger partial charge in [0, 0.05) is 12.2 Å². The molecule has 1 saturated heterocycles. The van der Waals surface area contributed by atoms with Crippen LogP contribution in [-0.2, 0) is 0 Å². The summed E-state index contributed by atoms with van der Waals surface area (Å²) >= 11 is 0. The van der Waals surface area contributed by atoms with Crippen molar-refractivity contribution in [2.45, 2.75) is 38.2 Å². The number of nitrogen functional groups attached to an aromatic ring is 1. The molecular weight excluding hydrogens is 224 g/mol. The van der Waals surface area contributed by atoms with Gasteiger partial charge in [-0.1, -0.05) is 31.4 Å². The highest BCUT2D eigenvalue weighted by Gasteiger charge is 2.14. The zero-order valence-corrected chi connectivity index (χ0v) is 11.0. The molecule has 0 bridgehead atoms. The van der Waals surface area contributed by atoms with Crippen LogP contribution in [0.5, 0.6) is 0 Å². The van der Waals surface area contributed by atoms with Crippen molar-refractivity contribution in [2.24, 2.45) is 0 Å². The number of hydrogen-bond acceptors (Lipinski definition) is 3. The van der Waals surface area contributed by atoms with Gasteiger partial charge in [0.05, 0.1) is 6.10 Å². The van der Waals surface area contributed by atoms with Crippen LogP contribution in [0.1, 0.15) is 43.8 Å². The van der Waals surface area contributed by atoms with E-state index in [1.165, 1.54) is 32.1 Å². The van der Waals surface area contributed by atoms with E-state index in [4.69, 9.17) is 5.73 Å². The van der Waals surface area contributed by atoms with E-state index < -0.39 is 6.10 Å². The topological polar surface area (TPSA) is 49.5 Å². The van der Waals surface area contributed by atoms with Crippen LogP contribution in [-0.4, -0.2) is 29.6 Å². The van der Waals surface area contributed by atoms with Crippen LogP contribution in [0.25, 0.3) is 0 Å². The minimum Gasteiger partial charge on any atom is -0.399 e. The molecule has 1 atom stereocenters. The van der Waals surface area contributed by atoms with Crippen LogP contribution in [0.15, 0.2) is 24.3 Å². The molecule has 0 radical (unpaired) electrons. The first-order chi connectivity index (χ1) is 8.75. The van der Waals surface area contributed by atoms with Gasteiger partial charge in [0.25, 0.3) is 0 Å². The number of aliphatic hydroxyl groups is 1. The van der Waals surface area contributed by atoms with Crippen LogP contribution < -0.4 is 5.73 Å².